The van der Waals surface area contributed by atoms with Gasteiger partial charge in [-0.25, -0.2) is 4.39 Å². The molecule has 1 heterocycles. The first-order valence-corrected chi connectivity index (χ1v) is 8.64. The SMILES string of the molecule is CN(C)CCN1C(=O)C(=O)C(=C(O)c2ccccc2)[C@H]1c1ccc(F)cc1. The molecular weight excluding hydrogens is 347 g/mol. The molecule has 0 unspecified atom stereocenters. The van der Waals surface area contributed by atoms with Crippen LogP contribution in [0.1, 0.15) is 17.2 Å². The Morgan fingerprint density at radius 2 is 1.70 bits per heavy atom. The summed E-state index contributed by atoms with van der Waals surface area (Å²) in [4.78, 5) is 28.7. The Labute approximate surface area is 157 Å². The van der Waals surface area contributed by atoms with E-state index < -0.39 is 23.5 Å². The van der Waals surface area contributed by atoms with Crippen molar-refractivity contribution in [2.24, 2.45) is 0 Å². The summed E-state index contributed by atoms with van der Waals surface area (Å²) in [5.74, 6) is -2.03. The normalized spacial score (nSPS) is 19.1. The topological polar surface area (TPSA) is 60.9 Å². The standard InChI is InChI=1S/C21H21FN2O3/c1-23(2)12-13-24-18(14-8-10-16(22)11-9-14)17(20(26)21(24)27)19(25)15-6-4-3-5-7-15/h3-11,18,25H,12-13H2,1-2H3/t18-/m1/s1. The molecule has 1 saturated heterocycles. The highest BCUT2D eigenvalue weighted by Crippen LogP contribution is 2.39. The van der Waals surface area contributed by atoms with E-state index in [-0.39, 0.29) is 11.3 Å². The molecule has 0 radical (unpaired) electrons. The third-order valence-electron chi connectivity index (χ3n) is 4.56. The summed E-state index contributed by atoms with van der Waals surface area (Å²) >= 11 is 0. The highest BCUT2D eigenvalue weighted by atomic mass is 19.1. The van der Waals surface area contributed by atoms with Crippen LogP contribution in [-0.2, 0) is 9.59 Å². The molecule has 0 bridgehead atoms. The zero-order valence-electron chi connectivity index (χ0n) is 15.2. The lowest BCUT2D eigenvalue weighted by Gasteiger charge is -2.26. The van der Waals surface area contributed by atoms with Crippen LogP contribution in [0.2, 0.25) is 0 Å². The number of aliphatic hydroxyl groups excluding tert-OH is 1. The quantitative estimate of drug-likeness (QED) is 0.501. The Hall–Kier alpha value is -2.99. The van der Waals surface area contributed by atoms with Gasteiger partial charge in [0.15, 0.2) is 0 Å². The van der Waals surface area contributed by atoms with Crippen LogP contribution in [-0.4, -0.2) is 53.8 Å². The van der Waals surface area contributed by atoms with Gasteiger partial charge in [0.25, 0.3) is 11.7 Å². The molecular formula is C21H21FN2O3. The predicted octanol–water partition coefficient (Wildman–Crippen LogP) is 2.81. The van der Waals surface area contributed by atoms with Crippen molar-refractivity contribution in [1.29, 1.82) is 0 Å². The summed E-state index contributed by atoms with van der Waals surface area (Å²) in [6.07, 6.45) is 0. The Morgan fingerprint density at radius 3 is 2.30 bits per heavy atom. The fourth-order valence-corrected chi connectivity index (χ4v) is 3.16. The maximum atomic E-state index is 13.4. The molecule has 1 fully saturated rings. The fraction of sp³-hybridized carbons (Fsp3) is 0.238. The number of Topliss-reactive ketones (excluding diaryl/α,β-unsaturated/α-hetero) is 1. The first-order valence-electron chi connectivity index (χ1n) is 8.64. The number of hydrogen-bond donors (Lipinski definition) is 1. The maximum Gasteiger partial charge on any atom is 0.295 e. The summed E-state index contributed by atoms with van der Waals surface area (Å²) in [6, 6.07) is 13.5. The van der Waals surface area contributed by atoms with Crippen LogP contribution in [0.25, 0.3) is 5.76 Å². The Morgan fingerprint density at radius 1 is 1.07 bits per heavy atom. The van der Waals surface area contributed by atoms with E-state index in [1.807, 2.05) is 19.0 Å². The van der Waals surface area contributed by atoms with Crippen LogP contribution >= 0.6 is 0 Å². The van der Waals surface area contributed by atoms with Crippen molar-refractivity contribution < 1.29 is 19.1 Å². The summed E-state index contributed by atoms with van der Waals surface area (Å²) < 4.78 is 13.4. The minimum Gasteiger partial charge on any atom is -0.507 e. The maximum absolute atomic E-state index is 13.4. The van der Waals surface area contributed by atoms with Crippen LogP contribution in [0.15, 0.2) is 60.2 Å². The number of nitrogens with zero attached hydrogens (tertiary/aromatic N) is 2. The van der Waals surface area contributed by atoms with Crippen LogP contribution in [0.4, 0.5) is 4.39 Å². The molecule has 3 rings (SSSR count). The number of carbonyl (C=O) groups excluding carboxylic acids is 2. The number of carbonyl (C=O) groups is 2. The van der Waals surface area contributed by atoms with E-state index in [0.717, 1.165) is 0 Å². The van der Waals surface area contributed by atoms with Crippen molar-refractivity contribution in [2.45, 2.75) is 6.04 Å². The average Bonchev–Trinajstić information content (AvgIpc) is 2.91. The van der Waals surface area contributed by atoms with Gasteiger partial charge in [-0.1, -0.05) is 42.5 Å². The van der Waals surface area contributed by atoms with Crippen LogP contribution in [0.5, 0.6) is 0 Å². The molecule has 1 aliphatic heterocycles. The summed E-state index contributed by atoms with van der Waals surface area (Å²) in [5, 5.41) is 10.8. The fourth-order valence-electron chi connectivity index (χ4n) is 3.16. The molecule has 6 heteroatoms. The number of aliphatic hydroxyl groups is 1. The second-order valence-electron chi connectivity index (χ2n) is 6.71. The lowest BCUT2D eigenvalue weighted by atomic mass is 9.95. The largest absolute Gasteiger partial charge is 0.507 e. The minimum atomic E-state index is -0.759. The molecule has 27 heavy (non-hydrogen) atoms. The van der Waals surface area contributed by atoms with E-state index in [9.17, 15) is 19.1 Å². The number of benzene rings is 2. The lowest BCUT2D eigenvalue weighted by Crippen LogP contribution is -2.35. The number of rotatable bonds is 5. The summed E-state index contributed by atoms with van der Waals surface area (Å²) in [7, 11) is 3.74. The Bertz CT molecular complexity index is 876. The van der Waals surface area contributed by atoms with E-state index >= 15 is 0 Å². The molecule has 0 aliphatic carbocycles. The molecule has 140 valence electrons. The van der Waals surface area contributed by atoms with Gasteiger partial charge in [0.1, 0.15) is 11.6 Å². The molecule has 1 aliphatic rings. The zero-order chi connectivity index (χ0) is 19.6. The van der Waals surface area contributed by atoms with Gasteiger partial charge in [-0.3, -0.25) is 9.59 Å². The molecule has 0 spiro atoms. The van der Waals surface area contributed by atoms with Crippen LogP contribution in [0.3, 0.4) is 0 Å². The van der Waals surface area contributed by atoms with Gasteiger partial charge in [-0.15, -0.1) is 0 Å². The first-order chi connectivity index (χ1) is 12.9. The molecule has 5 nitrogen and oxygen atoms in total. The van der Waals surface area contributed by atoms with E-state index in [0.29, 0.717) is 24.2 Å². The van der Waals surface area contributed by atoms with Crippen molar-refractivity contribution in [2.75, 3.05) is 27.2 Å². The predicted molar refractivity (Wildman–Crippen MR) is 100 cm³/mol. The Balaban J connectivity index is 2.13. The highest BCUT2D eigenvalue weighted by molar-refractivity contribution is 6.46. The van der Waals surface area contributed by atoms with E-state index in [1.54, 1.807) is 30.3 Å². The van der Waals surface area contributed by atoms with Crippen molar-refractivity contribution >= 4 is 17.4 Å². The van der Waals surface area contributed by atoms with E-state index in [1.165, 1.54) is 29.2 Å². The molecule has 1 atom stereocenters. The van der Waals surface area contributed by atoms with E-state index in [2.05, 4.69) is 0 Å². The van der Waals surface area contributed by atoms with Gasteiger partial charge >= 0.3 is 0 Å². The number of amides is 1. The molecule has 0 aromatic heterocycles. The monoisotopic (exact) mass is 368 g/mol. The summed E-state index contributed by atoms with van der Waals surface area (Å²) in [6.45, 7) is 0.862. The highest BCUT2D eigenvalue weighted by Gasteiger charge is 2.45. The Kier molecular flexibility index (Phi) is 5.37. The molecule has 1 amide bonds. The van der Waals surface area contributed by atoms with Crippen LogP contribution < -0.4 is 0 Å². The average molecular weight is 368 g/mol. The van der Waals surface area contributed by atoms with Crippen molar-refractivity contribution in [3.63, 3.8) is 0 Å². The van der Waals surface area contributed by atoms with Crippen molar-refractivity contribution in [3.05, 3.63) is 77.1 Å². The number of halogens is 1. The minimum absolute atomic E-state index is 0.0246. The van der Waals surface area contributed by atoms with Crippen molar-refractivity contribution in [3.8, 4) is 0 Å². The lowest BCUT2D eigenvalue weighted by molar-refractivity contribution is -0.140. The third kappa shape index (κ3) is 3.75. The van der Waals surface area contributed by atoms with Gasteiger partial charge in [-0.05, 0) is 31.8 Å². The number of ketones is 1. The van der Waals surface area contributed by atoms with Crippen molar-refractivity contribution in [1.82, 2.24) is 9.80 Å². The third-order valence-corrected chi connectivity index (χ3v) is 4.56. The van der Waals surface area contributed by atoms with Gasteiger partial charge < -0.3 is 14.9 Å². The van der Waals surface area contributed by atoms with Gasteiger partial charge in [0, 0.05) is 18.7 Å². The number of hydrogen-bond acceptors (Lipinski definition) is 4. The number of likely N-dealkylation sites (tertiary alicyclic amines) is 1. The number of likely N-dealkylation sites (N-methyl/N-ethyl adjacent to an activating group) is 1. The molecule has 2 aromatic rings. The molecule has 0 saturated carbocycles. The smallest absolute Gasteiger partial charge is 0.295 e. The summed E-state index contributed by atoms with van der Waals surface area (Å²) in [5.41, 5.74) is 1.05. The van der Waals surface area contributed by atoms with Gasteiger partial charge in [0.05, 0.1) is 11.6 Å². The van der Waals surface area contributed by atoms with Gasteiger partial charge in [0.2, 0.25) is 0 Å². The molecule has 2 aromatic carbocycles. The van der Waals surface area contributed by atoms with E-state index in [4.69, 9.17) is 0 Å². The second-order valence-corrected chi connectivity index (χ2v) is 6.71. The second kappa shape index (κ2) is 7.72. The zero-order valence-corrected chi connectivity index (χ0v) is 15.2. The molecule has 1 N–H and O–H groups in total. The van der Waals surface area contributed by atoms with Gasteiger partial charge in [-0.2, -0.15) is 0 Å². The van der Waals surface area contributed by atoms with Crippen LogP contribution in [0, 0.1) is 5.82 Å². The first kappa shape index (κ1) is 18.8.